The highest BCUT2D eigenvalue weighted by Gasteiger charge is 2.36. The molecule has 0 atom stereocenters. The van der Waals surface area contributed by atoms with Crippen molar-refractivity contribution in [3.63, 3.8) is 0 Å². The lowest BCUT2D eigenvalue weighted by atomic mass is 9.73. The Labute approximate surface area is 199 Å². The fourth-order valence-electron chi connectivity index (χ4n) is 5.48. The second kappa shape index (κ2) is 11.2. The number of piperidine rings is 1. The van der Waals surface area contributed by atoms with Crippen LogP contribution in [0.4, 0.5) is 0 Å². The molecule has 4 nitrogen and oxygen atoms in total. The Hall–Kier alpha value is -2.33. The number of carbonyl (C=O) groups excluding carboxylic acids is 1. The van der Waals surface area contributed by atoms with Crippen molar-refractivity contribution < 1.29 is 9.53 Å². The zero-order chi connectivity index (χ0) is 23.1. The SMILES string of the molecule is Cc1ccc(CN2CCC3(CCCCc4ccccc4OCCCC(=O)N(C)C3)CC2)cc1. The van der Waals surface area contributed by atoms with Gasteiger partial charge >= 0.3 is 0 Å². The Morgan fingerprint density at radius 1 is 0.909 bits per heavy atom. The number of amides is 1. The Morgan fingerprint density at radius 2 is 1.67 bits per heavy atom. The molecule has 2 aromatic rings. The molecule has 2 aliphatic rings. The fraction of sp³-hybridized carbons (Fsp3) is 0.552. The maximum absolute atomic E-state index is 12.8. The first kappa shape index (κ1) is 23.8. The van der Waals surface area contributed by atoms with Gasteiger partial charge in [0, 0.05) is 26.6 Å². The Balaban J connectivity index is 1.41. The molecule has 0 radical (unpaired) electrons. The Kier molecular flexibility index (Phi) is 8.08. The quantitative estimate of drug-likeness (QED) is 0.598. The van der Waals surface area contributed by atoms with E-state index in [1.54, 1.807) is 0 Å². The van der Waals surface area contributed by atoms with Crippen molar-refractivity contribution in [3.05, 3.63) is 65.2 Å². The van der Waals surface area contributed by atoms with E-state index in [0.29, 0.717) is 13.0 Å². The molecule has 1 spiro atoms. The van der Waals surface area contributed by atoms with E-state index >= 15 is 0 Å². The molecule has 0 bridgehead atoms. The summed E-state index contributed by atoms with van der Waals surface area (Å²) in [5, 5.41) is 0. The van der Waals surface area contributed by atoms with Gasteiger partial charge in [-0.2, -0.15) is 0 Å². The fourth-order valence-corrected chi connectivity index (χ4v) is 5.48. The van der Waals surface area contributed by atoms with Crippen LogP contribution in [0.3, 0.4) is 0 Å². The van der Waals surface area contributed by atoms with Gasteiger partial charge in [0.25, 0.3) is 0 Å². The molecule has 0 unspecified atom stereocenters. The van der Waals surface area contributed by atoms with E-state index in [1.807, 2.05) is 18.0 Å². The summed E-state index contributed by atoms with van der Waals surface area (Å²) in [4.78, 5) is 17.5. The summed E-state index contributed by atoms with van der Waals surface area (Å²) < 4.78 is 6.02. The average molecular weight is 449 g/mol. The molecule has 2 aromatic carbocycles. The van der Waals surface area contributed by atoms with Gasteiger partial charge in [-0.1, -0.05) is 54.4 Å². The number of fused-ring (bicyclic) bond motifs is 1. The molecular formula is C29H40N2O2. The summed E-state index contributed by atoms with van der Waals surface area (Å²) in [5.41, 5.74) is 4.27. The number of aryl methyl sites for hydroxylation is 2. The third-order valence-corrected chi connectivity index (χ3v) is 7.61. The number of benzene rings is 2. The van der Waals surface area contributed by atoms with Crippen LogP contribution in [0, 0.1) is 12.3 Å². The largest absolute Gasteiger partial charge is 0.493 e. The van der Waals surface area contributed by atoms with Gasteiger partial charge in [-0.25, -0.2) is 0 Å². The second-order valence-electron chi connectivity index (χ2n) is 10.3. The molecule has 0 N–H and O–H groups in total. The van der Waals surface area contributed by atoms with E-state index < -0.39 is 0 Å². The minimum Gasteiger partial charge on any atom is -0.493 e. The van der Waals surface area contributed by atoms with Crippen molar-refractivity contribution in [2.24, 2.45) is 5.41 Å². The van der Waals surface area contributed by atoms with Gasteiger partial charge in [-0.05, 0) is 81.1 Å². The third-order valence-electron chi connectivity index (χ3n) is 7.61. The van der Waals surface area contributed by atoms with Gasteiger partial charge in [0.1, 0.15) is 5.75 Å². The summed E-state index contributed by atoms with van der Waals surface area (Å²) in [5.74, 6) is 1.25. The van der Waals surface area contributed by atoms with Crippen LogP contribution < -0.4 is 4.74 Å². The number of nitrogens with zero attached hydrogens (tertiary/aromatic N) is 2. The van der Waals surface area contributed by atoms with Crippen molar-refractivity contribution in [1.82, 2.24) is 9.80 Å². The van der Waals surface area contributed by atoms with Crippen LogP contribution in [0.25, 0.3) is 0 Å². The summed E-state index contributed by atoms with van der Waals surface area (Å²) in [7, 11) is 2.00. The standard InChI is InChI=1S/C29H40N2O2/c1-24-12-14-25(15-13-24)22-31-19-17-29(18-20-31)16-6-5-9-26-8-3-4-10-27(26)33-21-7-11-28(32)30(2)23-29/h3-4,8,10,12-15H,5-7,9,11,16-23H2,1-2H3. The molecule has 0 aromatic heterocycles. The van der Waals surface area contributed by atoms with Crippen molar-refractivity contribution >= 4 is 5.91 Å². The van der Waals surface area contributed by atoms with Crippen LogP contribution in [0.5, 0.6) is 5.75 Å². The molecule has 4 rings (SSSR count). The smallest absolute Gasteiger partial charge is 0.222 e. The summed E-state index contributed by atoms with van der Waals surface area (Å²) >= 11 is 0. The van der Waals surface area contributed by atoms with Gasteiger partial charge in [0.05, 0.1) is 6.61 Å². The molecule has 1 amide bonds. The minimum absolute atomic E-state index is 0.244. The average Bonchev–Trinajstić information content (AvgIpc) is 2.82. The normalized spacial score (nSPS) is 20.7. The Bertz CT molecular complexity index is 900. The van der Waals surface area contributed by atoms with Crippen LogP contribution >= 0.6 is 0 Å². The van der Waals surface area contributed by atoms with Crippen molar-refractivity contribution in [1.29, 1.82) is 0 Å². The van der Waals surface area contributed by atoms with Crippen molar-refractivity contribution in [2.75, 3.05) is 33.3 Å². The molecular weight excluding hydrogens is 408 g/mol. The molecule has 1 saturated heterocycles. The van der Waals surface area contributed by atoms with Crippen LogP contribution in [-0.4, -0.2) is 49.0 Å². The highest BCUT2D eigenvalue weighted by atomic mass is 16.5. The maximum Gasteiger partial charge on any atom is 0.222 e. The van der Waals surface area contributed by atoms with Gasteiger partial charge < -0.3 is 9.64 Å². The summed E-state index contributed by atoms with van der Waals surface area (Å²) in [6.07, 6.45) is 8.34. The van der Waals surface area contributed by atoms with Gasteiger partial charge in [-0.15, -0.1) is 0 Å². The first-order chi connectivity index (χ1) is 16.0. The molecule has 0 saturated carbocycles. The molecule has 2 heterocycles. The van der Waals surface area contributed by atoms with Gasteiger partial charge in [-0.3, -0.25) is 9.69 Å². The predicted molar refractivity (Wildman–Crippen MR) is 134 cm³/mol. The topological polar surface area (TPSA) is 32.8 Å². The zero-order valence-corrected chi connectivity index (χ0v) is 20.5. The van der Waals surface area contributed by atoms with Crippen LogP contribution in [0.2, 0.25) is 0 Å². The highest BCUT2D eigenvalue weighted by Crippen LogP contribution is 2.38. The first-order valence-electron chi connectivity index (χ1n) is 12.8. The lowest BCUT2D eigenvalue weighted by Gasteiger charge is -2.44. The molecule has 33 heavy (non-hydrogen) atoms. The first-order valence-corrected chi connectivity index (χ1v) is 12.8. The maximum atomic E-state index is 12.8. The molecule has 178 valence electrons. The molecule has 1 fully saturated rings. The molecule has 2 aliphatic heterocycles. The number of rotatable bonds is 2. The monoisotopic (exact) mass is 448 g/mol. The lowest BCUT2D eigenvalue weighted by Crippen LogP contribution is -2.46. The highest BCUT2D eigenvalue weighted by molar-refractivity contribution is 5.75. The molecule has 0 aliphatic carbocycles. The Morgan fingerprint density at radius 3 is 2.45 bits per heavy atom. The van der Waals surface area contributed by atoms with Crippen LogP contribution in [-0.2, 0) is 17.8 Å². The second-order valence-corrected chi connectivity index (χ2v) is 10.3. The van der Waals surface area contributed by atoms with Gasteiger partial charge in [0.15, 0.2) is 0 Å². The number of hydrogen-bond donors (Lipinski definition) is 0. The van der Waals surface area contributed by atoms with Crippen LogP contribution in [0.15, 0.2) is 48.5 Å². The lowest BCUT2D eigenvalue weighted by molar-refractivity contribution is -0.132. The summed E-state index contributed by atoms with van der Waals surface area (Å²) in [6, 6.07) is 17.4. The van der Waals surface area contributed by atoms with E-state index in [9.17, 15) is 4.79 Å². The number of para-hydroxylation sites is 1. The number of carbonyl (C=O) groups is 1. The third kappa shape index (κ3) is 6.60. The zero-order valence-electron chi connectivity index (χ0n) is 20.5. The van der Waals surface area contributed by atoms with E-state index in [-0.39, 0.29) is 11.3 Å². The van der Waals surface area contributed by atoms with E-state index in [1.165, 1.54) is 48.8 Å². The van der Waals surface area contributed by atoms with E-state index in [2.05, 4.69) is 54.3 Å². The molecule has 4 heteroatoms. The number of hydrogen-bond acceptors (Lipinski definition) is 3. The van der Waals surface area contributed by atoms with Gasteiger partial charge in [0.2, 0.25) is 5.91 Å². The van der Waals surface area contributed by atoms with Crippen LogP contribution in [0.1, 0.15) is 61.6 Å². The van der Waals surface area contributed by atoms with E-state index in [0.717, 1.165) is 44.8 Å². The summed E-state index contributed by atoms with van der Waals surface area (Å²) in [6.45, 7) is 6.91. The van der Waals surface area contributed by atoms with E-state index in [4.69, 9.17) is 4.74 Å². The number of ether oxygens (including phenoxy) is 1. The van der Waals surface area contributed by atoms with Crippen molar-refractivity contribution in [3.8, 4) is 5.75 Å². The predicted octanol–water partition coefficient (Wildman–Crippen LogP) is 5.62. The minimum atomic E-state index is 0.244. The van der Waals surface area contributed by atoms with Crippen molar-refractivity contribution in [2.45, 2.75) is 64.8 Å². The number of likely N-dealkylation sites (tertiary alicyclic amines) is 1.